The van der Waals surface area contributed by atoms with Gasteiger partial charge in [0.05, 0.1) is 33.2 Å². The quantitative estimate of drug-likeness (QED) is 0.0704. The maximum absolute atomic E-state index is 13.6. The number of aromatic amines is 3. The summed E-state index contributed by atoms with van der Waals surface area (Å²) in [6.07, 6.45) is -0.571. The molecule has 0 bridgehead atoms. The number of H-pyrrole nitrogens is 3. The predicted molar refractivity (Wildman–Crippen MR) is 429 cm³/mol. The van der Waals surface area contributed by atoms with E-state index in [1.807, 2.05) is 48.8 Å². The van der Waals surface area contributed by atoms with E-state index < -0.39 is 82.7 Å². The Bertz CT molecular complexity index is 5950. The first kappa shape index (κ1) is 86.6. The first-order valence-electron chi connectivity index (χ1n) is 38.1. The summed E-state index contributed by atoms with van der Waals surface area (Å²) in [6.45, 7) is 6.15. The highest BCUT2D eigenvalue weighted by Crippen LogP contribution is 2.44. The molecular formula is C85H82ClF11N8O11S3. The number of amides is 2. The number of halogens is 12. The SMILES string of the molecule is CC(=O)Nc1ccc(S(=O)(=O)N2CCC(c3c[nH]c4ccccc34)CC2)cc1Cl.COc1ccc2[nH]cc(C3CCN(S(=O)(=O)c4cccc(OC(F)(F)F)c4)CC3)c2c1.Cc1cccc2c1CC=C2C1CCN(C(=O)c2ccc(F)c(C(F)(F)F)c2)CC1.O=S(=O)(c1ccccc1OC(F)(F)F)N1CCC(c2c[nH]c3ccc(F)cc23)CC1. The van der Waals surface area contributed by atoms with Crippen molar-refractivity contribution in [1.29, 1.82) is 0 Å². The second kappa shape index (κ2) is 35.6. The maximum Gasteiger partial charge on any atom is 0.573 e. The third-order valence-corrected chi connectivity index (χ3v) is 28.2. The zero-order valence-electron chi connectivity index (χ0n) is 64.3. The van der Waals surface area contributed by atoms with Gasteiger partial charge in [-0.1, -0.05) is 72.3 Å². The van der Waals surface area contributed by atoms with Gasteiger partial charge in [-0.2, -0.15) is 26.1 Å². The topological polar surface area (TPSA) is 237 Å². The van der Waals surface area contributed by atoms with Gasteiger partial charge in [0.1, 0.15) is 33.8 Å². The van der Waals surface area contributed by atoms with E-state index in [0.29, 0.717) is 81.5 Å². The number of methoxy groups -OCH3 is 1. The van der Waals surface area contributed by atoms with Crippen LogP contribution >= 0.6 is 11.6 Å². The largest absolute Gasteiger partial charge is 0.573 e. The van der Waals surface area contributed by atoms with Crippen molar-refractivity contribution in [2.24, 2.45) is 5.92 Å². The van der Waals surface area contributed by atoms with Crippen LogP contribution in [0.1, 0.15) is 125 Å². The molecule has 0 atom stereocenters. The number of hydrogen-bond donors (Lipinski definition) is 4. The molecule has 19 nitrogen and oxygen atoms in total. The summed E-state index contributed by atoms with van der Waals surface area (Å²) in [5.74, 6) is -2.21. The standard InChI is InChI=1S/C23H21F4NO.C21H22ClN3O3S.C21H21F3N2O4S.C20H18F4N2O3S/c1-14-3-2-4-19-17(14)6-7-18(19)15-9-11-28(12-10-15)22(29)16-5-8-21(24)20(13-16)23(25,26)27;1-14(26)24-21-7-6-16(12-19(21)22)29(27,28)25-10-8-15(9-11-25)18-13-23-20-5-3-2-4-17(18)20;1-29-15-5-6-20-18(12-15)19(13-25-20)14-7-9-26(10-8-14)31(27,28)17-4-2-3-16(11-17)30-21(22,23)24;21-14-5-6-17-15(11-14)16(12-25-17)13-7-9-26(10-8-13)30(27,28)19-4-2-1-3-18(19)29-20(22,23)24/h2-5,7-8,13,15H,6,9-12H2,1H3;2-7,12-13,15,23H,8-11H2,1H3,(H,24,26);2-6,11-14,25H,7-10H2,1H3;1-6,11-13,25H,7-10H2. The second-order valence-electron chi connectivity index (χ2n) is 29.5. The number of ether oxygens (including phenoxy) is 3. The van der Waals surface area contributed by atoms with Gasteiger partial charge in [0, 0.05) is 122 Å². The fourth-order valence-electron chi connectivity index (χ4n) is 16.2. The van der Waals surface area contributed by atoms with Crippen molar-refractivity contribution < 1.29 is 97.3 Å². The minimum Gasteiger partial charge on any atom is -0.497 e. The van der Waals surface area contributed by atoms with Crippen LogP contribution in [0.15, 0.2) is 203 Å². The van der Waals surface area contributed by atoms with Crippen LogP contribution in [-0.2, 0) is 47.5 Å². The lowest BCUT2D eigenvalue weighted by molar-refractivity contribution is -0.276. The van der Waals surface area contributed by atoms with Crippen molar-refractivity contribution in [2.45, 2.75) is 123 Å². The van der Waals surface area contributed by atoms with Crippen LogP contribution in [0, 0.1) is 24.5 Å². The van der Waals surface area contributed by atoms with Gasteiger partial charge in [-0.15, -0.1) is 26.3 Å². The van der Waals surface area contributed by atoms with Crippen LogP contribution in [0.3, 0.4) is 0 Å². The predicted octanol–water partition coefficient (Wildman–Crippen LogP) is 19.4. The summed E-state index contributed by atoms with van der Waals surface area (Å²) in [6, 6.07) is 40.7. The van der Waals surface area contributed by atoms with Crippen molar-refractivity contribution in [3.05, 3.63) is 250 Å². The molecule has 0 spiro atoms. The van der Waals surface area contributed by atoms with Gasteiger partial charge >= 0.3 is 18.9 Å². The summed E-state index contributed by atoms with van der Waals surface area (Å²) in [4.78, 5) is 34.5. The summed E-state index contributed by atoms with van der Waals surface area (Å²) in [7, 11) is -10.1. The van der Waals surface area contributed by atoms with E-state index >= 15 is 0 Å². The number of fused-ring (bicyclic) bond motifs is 4. The Morgan fingerprint density at radius 2 is 1.03 bits per heavy atom. The van der Waals surface area contributed by atoms with Gasteiger partial charge in [0.25, 0.3) is 5.91 Å². The molecule has 0 unspecified atom stereocenters. The van der Waals surface area contributed by atoms with E-state index in [4.69, 9.17) is 16.3 Å². The van der Waals surface area contributed by atoms with E-state index in [9.17, 15) is 83.1 Å². The number of likely N-dealkylation sites (tertiary alicyclic amines) is 1. The summed E-state index contributed by atoms with van der Waals surface area (Å²) in [5.41, 5.74) is 10.2. The smallest absolute Gasteiger partial charge is 0.497 e. The Kier molecular flexibility index (Phi) is 25.9. The highest BCUT2D eigenvalue weighted by atomic mass is 35.5. The molecule has 11 aromatic rings. The zero-order chi connectivity index (χ0) is 85.1. The van der Waals surface area contributed by atoms with Crippen LogP contribution in [0.25, 0.3) is 38.3 Å². The van der Waals surface area contributed by atoms with Crippen molar-refractivity contribution in [3.8, 4) is 17.2 Å². The van der Waals surface area contributed by atoms with E-state index in [-0.39, 0.29) is 70.1 Å². The van der Waals surface area contributed by atoms with Gasteiger partial charge in [-0.3, -0.25) is 9.59 Å². The Morgan fingerprint density at radius 1 is 0.504 bits per heavy atom. The van der Waals surface area contributed by atoms with Gasteiger partial charge in [-0.25, -0.2) is 34.0 Å². The third kappa shape index (κ3) is 19.9. The molecule has 1 aliphatic carbocycles. The Morgan fingerprint density at radius 3 is 1.60 bits per heavy atom. The van der Waals surface area contributed by atoms with E-state index in [1.165, 1.54) is 103 Å². The van der Waals surface area contributed by atoms with Crippen LogP contribution in [0.2, 0.25) is 5.02 Å². The molecular weight excluding hydrogens is 1650 g/mol. The number of carbonyl (C=O) groups excluding carboxylic acids is 2. The number of nitrogens with one attached hydrogen (secondary N) is 4. The average Bonchev–Trinajstić information content (AvgIpc) is 1.77. The molecule has 7 heterocycles. The van der Waals surface area contributed by atoms with Crippen molar-refractivity contribution >= 4 is 97.5 Å². The Hall–Kier alpha value is -10.3. The van der Waals surface area contributed by atoms with Gasteiger partial charge < -0.3 is 39.4 Å². The number of aryl methyl sites for hydroxylation is 1. The number of rotatable bonds is 15. The number of benzene rings is 8. The van der Waals surface area contributed by atoms with Gasteiger partial charge in [-0.05, 0) is 230 Å². The molecule has 0 radical (unpaired) electrons. The Balaban J connectivity index is 0.000000137. The van der Waals surface area contributed by atoms with Gasteiger partial charge in [0.15, 0.2) is 0 Å². The molecule has 4 saturated heterocycles. The molecule has 630 valence electrons. The fraction of sp³-hybridized carbons (Fsp3) is 0.318. The molecule has 3 aromatic heterocycles. The van der Waals surface area contributed by atoms with Crippen LogP contribution in [0.4, 0.5) is 54.0 Å². The lowest BCUT2D eigenvalue weighted by Gasteiger charge is -2.33. The fourth-order valence-corrected chi connectivity index (χ4v) is 21.1. The van der Waals surface area contributed by atoms with Crippen molar-refractivity contribution in [1.82, 2.24) is 32.8 Å². The summed E-state index contributed by atoms with van der Waals surface area (Å²) in [5, 5.41) is 5.78. The summed E-state index contributed by atoms with van der Waals surface area (Å²) < 4.78 is 236. The first-order chi connectivity index (χ1) is 56.4. The first-order valence-corrected chi connectivity index (χ1v) is 42.8. The molecule has 119 heavy (non-hydrogen) atoms. The molecule has 34 heteroatoms. The maximum atomic E-state index is 13.6. The highest BCUT2D eigenvalue weighted by molar-refractivity contribution is 7.89. The number of piperidine rings is 4. The number of nitrogens with zero attached hydrogens (tertiary/aromatic N) is 4. The lowest BCUT2D eigenvalue weighted by atomic mass is 9.85. The number of allylic oxidation sites excluding steroid dienone is 2. The monoisotopic (exact) mass is 1730 g/mol. The van der Waals surface area contributed by atoms with Crippen molar-refractivity contribution in [3.63, 3.8) is 0 Å². The molecule has 4 aliphatic heterocycles. The minimum absolute atomic E-state index is 0.00803. The normalized spacial score (nSPS) is 16.7. The van der Waals surface area contributed by atoms with E-state index in [2.05, 4.69) is 67.0 Å². The van der Waals surface area contributed by atoms with Crippen LogP contribution in [0.5, 0.6) is 17.2 Å². The Labute approximate surface area is 684 Å². The van der Waals surface area contributed by atoms with E-state index in [1.54, 1.807) is 24.3 Å². The molecule has 4 N–H and O–H groups in total. The second-order valence-corrected chi connectivity index (χ2v) is 35.7. The summed E-state index contributed by atoms with van der Waals surface area (Å²) >= 11 is 6.16. The number of para-hydroxylation sites is 2. The number of sulfonamides is 3. The molecule has 8 aromatic carbocycles. The van der Waals surface area contributed by atoms with E-state index in [0.717, 1.165) is 111 Å². The molecule has 16 rings (SSSR count). The van der Waals surface area contributed by atoms with Crippen molar-refractivity contribution in [2.75, 3.05) is 64.8 Å². The third-order valence-electron chi connectivity index (χ3n) is 22.1. The molecule has 0 saturated carbocycles. The molecule has 2 amide bonds. The highest BCUT2D eigenvalue weighted by Gasteiger charge is 2.41. The number of aromatic nitrogens is 3. The number of hydrogen-bond acceptors (Lipinski definition) is 11. The lowest BCUT2D eigenvalue weighted by Crippen LogP contribution is -2.38. The average molecular weight is 1730 g/mol. The number of alkyl halides is 9. The zero-order valence-corrected chi connectivity index (χ0v) is 67.5. The molecule has 4 fully saturated rings. The number of anilines is 1. The minimum atomic E-state index is -5.00. The van der Waals surface area contributed by atoms with Crippen LogP contribution < -0.4 is 19.5 Å². The van der Waals surface area contributed by atoms with Crippen LogP contribution in [-0.4, -0.2) is 142 Å². The van der Waals surface area contributed by atoms with Gasteiger partial charge in [0.2, 0.25) is 36.0 Å². The molecule has 5 aliphatic rings. The number of carbonyl (C=O) groups is 2.